The van der Waals surface area contributed by atoms with Gasteiger partial charge < -0.3 is 25.0 Å². The summed E-state index contributed by atoms with van der Waals surface area (Å²) in [5, 5.41) is 12.6. The molecule has 4 rings (SSSR count). The average molecular weight is 549 g/mol. The largest absolute Gasteiger partial charge is 0.472 e. The number of likely N-dealkylation sites (N-methyl/N-ethyl adjacent to an activating group) is 1. The van der Waals surface area contributed by atoms with E-state index in [1.165, 1.54) is 47.5 Å². The molecule has 0 saturated carbocycles. The number of ether oxygens (including phenoxy) is 1. The van der Waals surface area contributed by atoms with Crippen molar-refractivity contribution in [2.75, 3.05) is 32.1 Å². The molecule has 1 unspecified atom stereocenters. The molecule has 3 amide bonds. The maximum Gasteiger partial charge on any atom is 0.321 e. The number of nitrogens with zero attached hydrogens (tertiary/aromatic N) is 3. The minimum absolute atomic E-state index is 0.0939. The molecular weight excluding hydrogens is 518 g/mol. The molecule has 8 nitrogen and oxygen atoms in total. The van der Waals surface area contributed by atoms with E-state index in [9.17, 15) is 23.5 Å². The lowest BCUT2D eigenvalue weighted by molar-refractivity contribution is 0.0356. The number of anilines is 1. The summed E-state index contributed by atoms with van der Waals surface area (Å²) in [6, 6.07) is 11.9. The van der Waals surface area contributed by atoms with Crippen LogP contribution in [0.3, 0.4) is 0 Å². The lowest BCUT2D eigenvalue weighted by Gasteiger charge is -2.37. The molecule has 10 heteroatoms. The second-order valence-electron chi connectivity index (χ2n) is 9.77. The van der Waals surface area contributed by atoms with E-state index in [0.717, 1.165) is 0 Å². The molecule has 2 heterocycles. The first kappa shape index (κ1) is 28.5. The minimum atomic E-state index is -0.548. The van der Waals surface area contributed by atoms with Crippen molar-refractivity contribution in [3.63, 3.8) is 0 Å². The fraction of sp³-hybridized carbons (Fsp3) is 0.300. The number of nitrogens with one attached hydrogen (secondary N) is 1. The van der Waals surface area contributed by atoms with Crippen LogP contribution in [0.1, 0.15) is 35.3 Å². The maximum absolute atomic E-state index is 13.6. The van der Waals surface area contributed by atoms with E-state index < -0.39 is 24.0 Å². The van der Waals surface area contributed by atoms with Gasteiger partial charge in [-0.3, -0.25) is 4.79 Å². The van der Waals surface area contributed by atoms with Gasteiger partial charge in [0.25, 0.3) is 5.91 Å². The zero-order valence-corrected chi connectivity index (χ0v) is 22.4. The Morgan fingerprint density at radius 3 is 2.42 bits per heavy atom. The fourth-order valence-corrected chi connectivity index (χ4v) is 4.17. The number of carbonyl (C=O) groups excluding carboxylic acids is 2. The number of rotatable bonds is 5. The molecular formula is C30H30F2N4O4. The highest BCUT2D eigenvalue weighted by atomic mass is 19.1. The van der Waals surface area contributed by atoms with Gasteiger partial charge >= 0.3 is 6.03 Å². The van der Waals surface area contributed by atoms with Crippen LogP contribution in [-0.4, -0.2) is 70.7 Å². The van der Waals surface area contributed by atoms with Gasteiger partial charge in [0, 0.05) is 42.5 Å². The number of urea groups is 1. The van der Waals surface area contributed by atoms with Gasteiger partial charge in [0.15, 0.2) is 0 Å². The molecule has 40 heavy (non-hydrogen) atoms. The first-order valence-corrected chi connectivity index (χ1v) is 12.8. The van der Waals surface area contributed by atoms with Crippen LogP contribution in [0.25, 0.3) is 0 Å². The normalized spacial score (nSPS) is 17.4. The zero-order chi connectivity index (χ0) is 28.8. The van der Waals surface area contributed by atoms with Crippen LogP contribution in [0, 0.1) is 29.4 Å². The van der Waals surface area contributed by atoms with Gasteiger partial charge in [-0.25, -0.2) is 18.6 Å². The second kappa shape index (κ2) is 12.6. The van der Waals surface area contributed by atoms with Crippen LogP contribution in [-0.2, 0) is 0 Å². The molecule has 0 aliphatic carbocycles. The van der Waals surface area contributed by atoms with Crippen molar-refractivity contribution in [2.24, 2.45) is 5.92 Å². The number of aromatic nitrogens is 1. The number of benzene rings is 2. The molecule has 2 N–H and O–H groups in total. The molecule has 3 atom stereocenters. The van der Waals surface area contributed by atoms with E-state index in [2.05, 4.69) is 22.1 Å². The zero-order valence-electron chi connectivity index (χ0n) is 22.4. The summed E-state index contributed by atoms with van der Waals surface area (Å²) in [7, 11) is 1.61. The Labute approximate surface area is 231 Å². The van der Waals surface area contributed by atoms with E-state index in [-0.39, 0.29) is 48.8 Å². The van der Waals surface area contributed by atoms with Gasteiger partial charge in [-0.1, -0.05) is 18.8 Å². The van der Waals surface area contributed by atoms with Crippen molar-refractivity contribution in [3.05, 3.63) is 89.1 Å². The number of aliphatic hydroxyl groups is 1. The van der Waals surface area contributed by atoms with Crippen molar-refractivity contribution in [1.82, 2.24) is 14.8 Å². The van der Waals surface area contributed by atoms with Crippen molar-refractivity contribution in [1.29, 1.82) is 0 Å². The Bertz CT molecular complexity index is 1420. The van der Waals surface area contributed by atoms with Crippen LogP contribution in [0.15, 0.2) is 60.8 Å². The number of hydrogen-bond acceptors (Lipinski definition) is 5. The van der Waals surface area contributed by atoms with Crippen LogP contribution in [0.2, 0.25) is 0 Å². The summed E-state index contributed by atoms with van der Waals surface area (Å²) in [6.45, 7) is 3.83. The molecule has 0 saturated heterocycles. The van der Waals surface area contributed by atoms with Gasteiger partial charge in [-0.2, -0.15) is 0 Å². The van der Waals surface area contributed by atoms with Crippen LogP contribution in [0.4, 0.5) is 19.3 Å². The highest BCUT2D eigenvalue weighted by Gasteiger charge is 2.34. The highest BCUT2D eigenvalue weighted by molar-refractivity contribution is 5.97. The van der Waals surface area contributed by atoms with E-state index in [1.54, 1.807) is 37.1 Å². The SMILES string of the molecule is CC(CO)N1C[C@@H](C)[C@H](CN(C)C(=O)Nc2ccc(F)cc2)Oc2ncc(C#Cc3ccc(F)cc3)cc2C1=O. The highest BCUT2D eigenvalue weighted by Crippen LogP contribution is 2.27. The van der Waals surface area contributed by atoms with E-state index in [1.807, 2.05) is 6.92 Å². The monoisotopic (exact) mass is 548 g/mol. The molecule has 1 aliphatic heterocycles. The van der Waals surface area contributed by atoms with Crippen LogP contribution in [0.5, 0.6) is 5.88 Å². The summed E-state index contributed by atoms with van der Waals surface area (Å²) in [6.07, 6.45) is 0.935. The van der Waals surface area contributed by atoms with Gasteiger partial charge in [0.1, 0.15) is 23.3 Å². The fourth-order valence-electron chi connectivity index (χ4n) is 4.17. The topological polar surface area (TPSA) is 95.0 Å². The predicted molar refractivity (Wildman–Crippen MR) is 146 cm³/mol. The minimum Gasteiger partial charge on any atom is -0.472 e. The van der Waals surface area contributed by atoms with Gasteiger partial charge in [0.05, 0.1) is 19.2 Å². The summed E-state index contributed by atoms with van der Waals surface area (Å²) in [5.41, 5.74) is 1.68. The number of hydrogen-bond donors (Lipinski definition) is 2. The number of halogens is 2. The molecule has 3 aromatic rings. The van der Waals surface area contributed by atoms with Crippen molar-refractivity contribution in [3.8, 4) is 17.7 Å². The molecule has 1 aromatic heterocycles. The molecule has 0 fully saturated rings. The number of amides is 3. The van der Waals surface area contributed by atoms with Crippen molar-refractivity contribution < 1.29 is 28.2 Å². The quantitative estimate of drug-likeness (QED) is 0.468. The van der Waals surface area contributed by atoms with Gasteiger partial charge in [0.2, 0.25) is 5.88 Å². The van der Waals surface area contributed by atoms with E-state index in [0.29, 0.717) is 16.8 Å². The third-order valence-electron chi connectivity index (χ3n) is 6.61. The summed E-state index contributed by atoms with van der Waals surface area (Å²) < 4.78 is 32.6. The smallest absolute Gasteiger partial charge is 0.321 e. The predicted octanol–water partition coefficient (Wildman–Crippen LogP) is 4.14. The number of aliphatic hydroxyl groups excluding tert-OH is 1. The summed E-state index contributed by atoms with van der Waals surface area (Å²) >= 11 is 0. The average Bonchev–Trinajstić information content (AvgIpc) is 2.95. The van der Waals surface area contributed by atoms with Gasteiger partial charge in [-0.15, -0.1) is 0 Å². The summed E-state index contributed by atoms with van der Waals surface area (Å²) in [5.74, 6) is 4.60. The Hall–Kier alpha value is -4.49. The standard InChI is InChI=1S/C30H30F2N4O4/c1-19-16-36(20(2)18-37)29(38)26-14-22(5-4-21-6-8-23(31)9-7-21)15-33-28(26)40-27(19)17-35(3)30(39)34-25-12-10-24(32)11-13-25/h6-15,19-20,27,37H,16-18H2,1-3H3,(H,34,39)/t19-,20?,27+/m1/s1. The first-order chi connectivity index (χ1) is 19.1. The third kappa shape index (κ3) is 6.93. The Morgan fingerprint density at radius 2 is 1.77 bits per heavy atom. The first-order valence-electron chi connectivity index (χ1n) is 12.8. The number of pyridine rings is 1. The van der Waals surface area contributed by atoms with Crippen LogP contribution >= 0.6 is 0 Å². The molecule has 0 bridgehead atoms. The van der Waals surface area contributed by atoms with E-state index in [4.69, 9.17) is 4.74 Å². The Morgan fingerprint density at radius 1 is 1.15 bits per heavy atom. The molecule has 2 aromatic carbocycles. The Kier molecular flexibility index (Phi) is 8.97. The van der Waals surface area contributed by atoms with Gasteiger partial charge in [-0.05, 0) is 61.5 Å². The van der Waals surface area contributed by atoms with Crippen molar-refractivity contribution >= 4 is 17.6 Å². The molecule has 0 spiro atoms. The van der Waals surface area contributed by atoms with Crippen molar-refractivity contribution in [2.45, 2.75) is 26.0 Å². The lowest BCUT2D eigenvalue weighted by Crippen LogP contribution is -2.50. The molecule has 1 aliphatic rings. The van der Waals surface area contributed by atoms with Crippen LogP contribution < -0.4 is 10.1 Å². The van der Waals surface area contributed by atoms with E-state index >= 15 is 0 Å². The number of fused-ring (bicyclic) bond motifs is 1. The summed E-state index contributed by atoms with van der Waals surface area (Å²) in [4.78, 5) is 33.8. The second-order valence-corrected chi connectivity index (χ2v) is 9.77. The maximum atomic E-state index is 13.6. The number of carbonyl (C=O) groups is 2. The molecule has 208 valence electrons. The third-order valence-corrected chi connectivity index (χ3v) is 6.61. The Balaban J connectivity index is 1.60. The lowest BCUT2D eigenvalue weighted by atomic mass is 10.00. The molecule has 0 radical (unpaired) electrons.